The molecule has 4 heteroatoms. The zero-order chi connectivity index (χ0) is 8.91. The maximum absolute atomic E-state index is 10.7. The van der Waals surface area contributed by atoms with Crippen molar-refractivity contribution in [2.24, 2.45) is 0 Å². The van der Waals surface area contributed by atoms with Crippen LogP contribution in [0.1, 0.15) is 19.8 Å². The molecule has 1 unspecified atom stereocenters. The van der Waals surface area contributed by atoms with Crippen molar-refractivity contribution in [3.8, 4) is 12.3 Å². The fraction of sp³-hybridized carbons (Fsp3) is 0.714. The van der Waals surface area contributed by atoms with Crippen LogP contribution in [0, 0.1) is 12.3 Å². The third kappa shape index (κ3) is 5.89. The number of sulfonamides is 1. The van der Waals surface area contributed by atoms with Crippen molar-refractivity contribution in [3.05, 3.63) is 0 Å². The van der Waals surface area contributed by atoms with E-state index in [2.05, 4.69) is 10.6 Å². The van der Waals surface area contributed by atoms with Crippen LogP contribution < -0.4 is 4.72 Å². The molecular weight excluding hydrogens is 162 g/mol. The molecule has 0 fully saturated rings. The van der Waals surface area contributed by atoms with E-state index >= 15 is 0 Å². The Morgan fingerprint density at radius 3 is 2.45 bits per heavy atom. The van der Waals surface area contributed by atoms with Gasteiger partial charge in [-0.2, -0.15) is 0 Å². The van der Waals surface area contributed by atoms with Crippen molar-refractivity contribution in [2.75, 3.05) is 6.26 Å². The van der Waals surface area contributed by atoms with Gasteiger partial charge >= 0.3 is 0 Å². The topological polar surface area (TPSA) is 46.2 Å². The van der Waals surface area contributed by atoms with Crippen LogP contribution in [-0.2, 0) is 10.0 Å². The quantitative estimate of drug-likeness (QED) is 0.626. The first-order valence-electron chi connectivity index (χ1n) is 3.43. The van der Waals surface area contributed by atoms with Crippen molar-refractivity contribution in [2.45, 2.75) is 25.8 Å². The first-order valence-corrected chi connectivity index (χ1v) is 5.32. The third-order valence-corrected chi connectivity index (χ3v) is 1.85. The van der Waals surface area contributed by atoms with Crippen molar-refractivity contribution in [1.82, 2.24) is 4.72 Å². The molecule has 0 amide bonds. The van der Waals surface area contributed by atoms with E-state index in [1.165, 1.54) is 0 Å². The minimum atomic E-state index is -3.15. The molecule has 0 saturated heterocycles. The molecule has 0 heterocycles. The van der Waals surface area contributed by atoms with E-state index in [1.54, 1.807) is 0 Å². The summed E-state index contributed by atoms with van der Waals surface area (Å²) in [5.41, 5.74) is 0. The third-order valence-electron chi connectivity index (χ3n) is 1.13. The molecule has 0 aliphatic carbocycles. The number of rotatable bonds is 4. The maximum Gasteiger partial charge on any atom is 0.209 e. The Labute approximate surface area is 68.2 Å². The van der Waals surface area contributed by atoms with Crippen molar-refractivity contribution in [3.63, 3.8) is 0 Å². The van der Waals surface area contributed by atoms with Gasteiger partial charge in [0.15, 0.2) is 0 Å². The van der Waals surface area contributed by atoms with E-state index in [1.807, 2.05) is 6.92 Å². The van der Waals surface area contributed by atoms with E-state index < -0.39 is 10.0 Å². The van der Waals surface area contributed by atoms with E-state index in [4.69, 9.17) is 6.42 Å². The normalized spacial score (nSPS) is 13.9. The van der Waals surface area contributed by atoms with Crippen LogP contribution in [0.4, 0.5) is 0 Å². The van der Waals surface area contributed by atoms with E-state index in [0.717, 1.165) is 12.7 Å². The summed E-state index contributed by atoms with van der Waals surface area (Å²) in [6, 6.07) is -0.352. The summed E-state index contributed by atoms with van der Waals surface area (Å²) in [6.07, 6.45) is 7.75. The lowest BCUT2D eigenvalue weighted by Gasteiger charge is -2.08. The molecule has 3 nitrogen and oxygen atoms in total. The van der Waals surface area contributed by atoms with Gasteiger partial charge in [0.05, 0.1) is 12.3 Å². The van der Waals surface area contributed by atoms with E-state index in [9.17, 15) is 8.42 Å². The Morgan fingerprint density at radius 1 is 1.64 bits per heavy atom. The van der Waals surface area contributed by atoms with Crippen LogP contribution in [0.2, 0.25) is 0 Å². The summed E-state index contributed by atoms with van der Waals surface area (Å²) in [5, 5.41) is 0. The molecule has 0 aromatic rings. The lowest BCUT2D eigenvalue weighted by Crippen LogP contribution is -2.32. The molecule has 0 aliphatic rings. The Balaban J connectivity index is 4.02. The zero-order valence-corrected chi connectivity index (χ0v) is 7.61. The molecule has 0 radical (unpaired) electrons. The van der Waals surface area contributed by atoms with Gasteiger partial charge in [0.2, 0.25) is 10.0 Å². The van der Waals surface area contributed by atoms with Crippen LogP contribution in [0.3, 0.4) is 0 Å². The van der Waals surface area contributed by atoms with Crippen LogP contribution in [0.5, 0.6) is 0 Å². The van der Waals surface area contributed by atoms with Gasteiger partial charge in [0, 0.05) is 0 Å². The summed E-state index contributed by atoms with van der Waals surface area (Å²) in [7, 11) is -3.15. The largest absolute Gasteiger partial charge is 0.213 e. The molecule has 0 saturated carbocycles. The van der Waals surface area contributed by atoms with Gasteiger partial charge in [-0.05, 0) is 6.42 Å². The molecule has 64 valence electrons. The average Bonchev–Trinajstić information content (AvgIpc) is 1.84. The summed E-state index contributed by atoms with van der Waals surface area (Å²) >= 11 is 0. The highest BCUT2D eigenvalue weighted by atomic mass is 32.2. The first kappa shape index (κ1) is 10.5. The lowest BCUT2D eigenvalue weighted by molar-refractivity contribution is 0.570. The minimum absolute atomic E-state index is 0.352. The molecule has 0 aromatic heterocycles. The standard InChI is InChI=1S/C7H13NO2S/c1-4-6-7(5-2)8-11(3,9)10/h2,7-8H,4,6H2,1,3H3. The second-order valence-electron chi connectivity index (χ2n) is 2.40. The molecule has 1 N–H and O–H groups in total. The molecule has 0 bridgehead atoms. The average molecular weight is 175 g/mol. The van der Waals surface area contributed by atoms with Crippen molar-refractivity contribution in [1.29, 1.82) is 0 Å². The highest BCUT2D eigenvalue weighted by Gasteiger charge is 2.08. The molecule has 0 aliphatic heterocycles. The fourth-order valence-corrected chi connectivity index (χ4v) is 1.43. The van der Waals surface area contributed by atoms with Crippen LogP contribution >= 0.6 is 0 Å². The van der Waals surface area contributed by atoms with Gasteiger partial charge in [-0.25, -0.2) is 13.1 Å². The predicted octanol–water partition coefficient (Wildman–Crippen LogP) is 0.337. The second kappa shape index (κ2) is 4.37. The maximum atomic E-state index is 10.7. The number of hydrogen-bond donors (Lipinski definition) is 1. The molecule has 0 aromatic carbocycles. The van der Waals surface area contributed by atoms with Gasteiger partial charge in [0.25, 0.3) is 0 Å². The molecule has 0 spiro atoms. The lowest BCUT2D eigenvalue weighted by atomic mass is 10.2. The van der Waals surface area contributed by atoms with Gasteiger partial charge < -0.3 is 0 Å². The molecular formula is C7H13NO2S. The molecule has 11 heavy (non-hydrogen) atoms. The summed E-state index contributed by atoms with van der Waals surface area (Å²) in [6.45, 7) is 1.95. The van der Waals surface area contributed by atoms with Gasteiger partial charge in [0.1, 0.15) is 0 Å². The van der Waals surface area contributed by atoms with E-state index in [-0.39, 0.29) is 6.04 Å². The van der Waals surface area contributed by atoms with Crippen LogP contribution in [-0.4, -0.2) is 20.7 Å². The van der Waals surface area contributed by atoms with E-state index in [0.29, 0.717) is 6.42 Å². The highest BCUT2D eigenvalue weighted by Crippen LogP contribution is 1.95. The minimum Gasteiger partial charge on any atom is -0.213 e. The predicted molar refractivity (Wildman–Crippen MR) is 45.5 cm³/mol. The monoisotopic (exact) mass is 175 g/mol. The smallest absolute Gasteiger partial charge is 0.209 e. The number of nitrogens with one attached hydrogen (secondary N) is 1. The Morgan fingerprint density at radius 2 is 2.18 bits per heavy atom. The Kier molecular flexibility index (Phi) is 4.16. The fourth-order valence-electron chi connectivity index (χ4n) is 0.723. The summed E-state index contributed by atoms with van der Waals surface area (Å²) in [4.78, 5) is 0. The molecule has 1 atom stereocenters. The summed E-state index contributed by atoms with van der Waals surface area (Å²) in [5.74, 6) is 2.37. The van der Waals surface area contributed by atoms with Gasteiger partial charge in [-0.1, -0.05) is 19.3 Å². The van der Waals surface area contributed by atoms with Crippen molar-refractivity contribution < 1.29 is 8.42 Å². The van der Waals surface area contributed by atoms with Crippen LogP contribution in [0.25, 0.3) is 0 Å². The van der Waals surface area contributed by atoms with Crippen LogP contribution in [0.15, 0.2) is 0 Å². The van der Waals surface area contributed by atoms with Gasteiger partial charge in [-0.15, -0.1) is 6.42 Å². The first-order chi connectivity index (χ1) is 4.99. The van der Waals surface area contributed by atoms with Crippen molar-refractivity contribution >= 4 is 10.0 Å². The zero-order valence-electron chi connectivity index (χ0n) is 6.79. The highest BCUT2D eigenvalue weighted by molar-refractivity contribution is 7.88. The Hall–Kier alpha value is -0.530. The second-order valence-corrected chi connectivity index (χ2v) is 4.18. The summed E-state index contributed by atoms with van der Waals surface area (Å²) < 4.78 is 23.7. The number of hydrogen-bond acceptors (Lipinski definition) is 2. The molecule has 0 rings (SSSR count). The SMILES string of the molecule is C#CC(CCC)NS(C)(=O)=O. The van der Waals surface area contributed by atoms with Gasteiger partial charge in [-0.3, -0.25) is 0 Å². The Bertz CT molecular complexity index is 238. The number of terminal acetylenes is 1.